The Morgan fingerprint density at radius 3 is 2.56 bits per heavy atom. The van der Waals surface area contributed by atoms with E-state index in [0.29, 0.717) is 6.42 Å². The van der Waals surface area contributed by atoms with Crippen molar-refractivity contribution < 1.29 is 23.9 Å². The summed E-state index contributed by atoms with van der Waals surface area (Å²) in [6.45, 7) is 1.64. The fourth-order valence-corrected chi connectivity index (χ4v) is 2.88. The predicted molar refractivity (Wildman–Crippen MR) is 87.8 cm³/mol. The maximum absolute atomic E-state index is 12.7. The smallest absolute Gasteiger partial charge is 0.325 e. The van der Waals surface area contributed by atoms with E-state index in [0.717, 1.165) is 11.1 Å². The SMILES string of the molecule is C[C@H](NC(=O)C1Cc2ccccc2CN1C(=O)c1ccco1)C(=O)O. The van der Waals surface area contributed by atoms with Gasteiger partial charge in [0, 0.05) is 13.0 Å². The topological polar surface area (TPSA) is 99.9 Å². The summed E-state index contributed by atoms with van der Waals surface area (Å²) in [5.74, 6) is -1.89. The Morgan fingerprint density at radius 2 is 1.92 bits per heavy atom. The predicted octanol–water partition coefficient (Wildman–Crippen LogP) is 1.44. The Hall–Kier alpha value is -3.09. The summed E-state index contributed by atoms with van der Waals surface area (Å²) in [5.41, 5.74) is 1.92. The maximum Gasteiger partial charge on any atom is 0.325 e. The van der Waals surface area contributed by atoms with E-state index in [2.05, 4.69) is 5.32 Å². The van der Waals surface area contributed by atoms with Crippen molar-refractivity contribution in [2.75, 3.05) is 0 Å². The molecule has 7 nitrogen and oxygen atoms in total. The molecule has 0 radical (unpaired) electrons. The molecule has 2 heterocycles. The first-order valence-corrected chi connectivity index (χ1v) is 7.92. The van der Waals surface area contributed by atoms with Crippen LogP contribution in [0.15, 0.2) is 47.1 Å². The van der Waals surface area contributed by atoms with E-state index in [9.17, 15) is 14.4 Å². The van der Waals surface area contributed by atoms with E-state index in [4.69, 9.17) is 9.52 Å². The van der Waals surface area contributed by atoms with Crippen molar-refractivity contribution in [2.24, 2.45) is 0 Å². The molecule has 1 unspecified atom stereocenters. The molecule has 2 atom stereocenters. The van der Waals surface area contributed by atoms with Crippen LogP contribution in [0.5, 0.6) is 0 Å². The highest BCUT2D eigenvalue weighted by Gasteiger charge is 2.36. The fourth-order valence-electron chi connectivity index (χ4n) is 2.88. The van der Waals surface area contributed by atoms with Crippen LogP contribution in [0.3, 0.4) is 0 Å². The molecule has 2 N–H and O–H groups in total. The molecule has 3 rings (SSSR count). The number of carboxylic acids is 1. The van der Waals surface area contributed by atoms with E-state index in [1.165, 1.54) is 24.2 Å². The Bertz CT molecular complexity index is 800. The normalized spacial score (nSPS) is 17.5. The van der Waals surface area contributed by atoms with Crippen molar-refractivity contribution >= 4 is 17.8 Å². The minimum Gasteiger partial charge on any atom is -0.480 e. The fraction of sp³-hybridized carbons (Fsp3) is 0.278. The monoisotopic (exact) mass is 342 g/mol. The minimum atomic E-state index is -1.13. The van der Waals surface area contributed by atoms with Gasteiger partial charge in [0.05, 0.1) is 6.26 Å². The number of nitrogens with one attached hydrogen (secondary N) is 1. The molecule has 1 aliphatic rings. The number of furan rings is 1. The van der Waals surface area contributed by atoms with Crippen LogP contribution >= 0.6 is 0 Å². The van der Waals surface area contributed by atoms with Crippen LogP contribution in [-0.4, -0.2) is 39.9 Å². The highest BCUT2D eigenvalue weighted by Crippen LogP contribution is 2.25. The van der Waals surface area contributed by atoms with E-state index in [1.807, 2.05) is 24.3 Å². The lowest BCUT2D eigenvalue weighted by molar-refractivity contribution is -0.142. The number of carboxylic acid groups (broad SMARTS) is 1. The van der Waals surface area contributed by atoms with Gasteiger partial charge in [0.2, 0.25) is 5.91 Å². The van der Waals surface area contributed by atoms with Gasteiger partial charge >= 0.3 is 5.97 Å². The van der Waals surface area contributed by atoms with E-state index >= 15 is 0 Å². The number of benzene rings is 1. The number of rotatable bonds is 4. The van der Waals surface area contributed by atoms with Crippen molar-refractivity contribution in [2.45, 2.75) is 32.0 Å². The van der Waals surface area contributed by atoms with Gasteiger partial charge in [-0.25, -0.2) is 0 Å². The number of hydrogen-bond donors (Lipinski definition) is 2. The highest BCUT2D eigenvalue weighted by atomic mass is 16.4. The molecule has 1 aromatic heterocycles. The van der Waals surface area contributed by atoms with Crippen LogP contribution in [0.25, 0.3) is 0 Å². The van der Waals surface area contributed by atoms with Crippen LogP contribution in [0.2, 0.25) is 0 Å². The number of aliphatic carboxylic acids is 1. The van der Waals surface area contributed by atoms with Gasteiger partial charge in [-0.2, -0.15) is 0 Å². The second kappa shape index (κ2) is 6.80. The third kappa shape index (κ3) is 3.40. The summed E-state index contributed by atoms with van der Waals surface area (Å²) in [6.07, 6.45) is 1.72. The molecule has 0 saturated carbocycles. The number of carbonyl (C=O) groups is 3. The van der Waals surface area contributed by atoms with Crippen LogP contribution < -0.4 is 5.32 Å². The molecule has 2 amide bonds. The lowest BCUT2D eigenvalue weighted by atomic mass is 9.93. The first-order chi connectivity index (χ1) is 12.0. The van der Waals surface area contributed by atoms with Crippen LogP contribution in [0.1, 0.15) is 28.6 Å². The molecule has 2 aromatic rings. The first kappa shape index (κ1) is 16.8. The first-order valence-electron chi connectivity index (χ1n) is 7.92. The van der Waals surface area contributed by atoms with Gasteiger partial charge in [0.1, 0.15) is 12.1 Å². The average molecular weight is 342 g/mol. The molecule has 1 aliphatic heterocycles. The Morgan fingerprint density at radius 1 is 1.20 bits per heavy atom. The lowest BCUT2D eigenvalue weighted by Gasteiger charge is -2.35. The summed E-state index contributed by atoms with van der Waals surface area (Å²) in [6, 6.07) is 8.87. The third-order valence-electron chi connectivity index (χ3n) is 4.27. The molecule has 0 bridgehead atoms. The van der Waals surface area contributed by atoms with Crippen LogP contribution in [0, 0.1) is 0 Å². The van der Waals surface area contributed by atoms with Crippen molar-refractivity contribution in [1.82, 2.24) is 10.2 Å². The van der Waals surface area contributed by atoms with Crippen molar-refractivity contribution in [1.29, 1.82) is 0 Å². The molecule has 7 heteroatoms. The second-order valence-corrected chi connectivity index (χ2v) is 5.97. The molecule has 0 saturated heterocycles. The van der Waals surface area contributed by atoms with Gasteiger partial charge in [-0.3, -0.25) is 14.4 Å². The Balaban J connectivity index is 1.90. The zero-order valence-electron chi connectivity index (χ0n) is 13.6. The van der Waals surface area contributed by atoms with Crippen molar-refractivity contribution in [3.63, 3.8) is 0 Å². The summed E-state index contributed by atoms with van der Waals surface area (Å²) in [7, 11) is 0. The summed E-state index contributed by atoms with van der Waals surface area (Å²) in [5, 5.41) is 11.4. The zero-order valence-corrected chi connectivity index (χ0v) is 13.6. The quantitative estimate of drug-likeness (QED) is 0.876. The zero-order chi connectivity index (χ0) is 18.0. The maximum atomic E-state index is 12.7. The van der Waals surface area contributed by atoms with Gasteiger partial charge in [-0.1, -0.05) is 24.3 Å². The summed E-state index contributed by atoms with van der Waals surface area (Å²) < 4.78 is 5.17. The minimum absolute atomic E-state index is 0.142. The standard InChI is InChI=1S/C18H18N2O5/c1-11(18(23)24)19-16(21)14-9-12-5-2-3-6-13(12)10-20(14)17(22)15-7-4-8-25-15/h2-8,11,14H,9-10H2,1H3,(H,19,21)(H,23,24)/t11-,14?/m0/s1. The van der Waals surface area contributed by atoms with E-state index < -0.39 is 29.9 Å². The van der Waals surface area contributed by atoms with Crippen molar-refractivity contribution in [3.05, 3.63) is 59.5 Å². The second-order valence-electron chi connectivity index (χ2n) is 5.97. The van der Waals surface area contributed by atoms with Gasteiger partial charge in [-0.15, -0.1) is 0 Å². The molecule has 0 aliphatic carbocycles. The Labute approximate surface area is 144 Å². The van der Waals surface area contributed by atoms with E-state index in [1.54, 1.807) is 6.07 Å². The van der Waals surface area contributed by atoms with Gasteiger partial charge < -0.3 is 19.7 Å². The molecular formula is C18H18N2O5. The van der Waals surface area contributed by atoms with Gasteiger partial charge in [-0.05, 0) is 30.2 Å². The molecule has 25 heavy (non-hydrogen) atoms. The largest absolute Gasteiger partial charge is 0.480 e. The number of fused-ring (bicyclic) bond motifs is 1. The van der Waals surface area contributed by atoms with Gasteiger partial charge in [0.15, 0.2) is 5.76 Å². The number of carbonyl (C=O) groups excluding carboxylic acids is 2. The number of amides is 2. The van der Waals surface area contributed by atoms with Gasteiger partial charge in [0.25, 0.3) is 5.91 Å². The van der Waals surface area contributed by atoms with E-state index in [-0.39, 0.29) is 12.3 Å². The van der Waals surface area contributed by atoms with Crippen LogP contribution in [-0.2, 0) is 22.6 Å². The number of hydrogen-bond acceptors (Lipinski definition) is 4. The molecule has 0 fully saturated rings. The highest BCUT2D eigenvalue weighted by molar-refractivity contribution is 5.96. The molecule has 1 aromatic carbocycles. The summed E-state index contributed by atoms with van der Waals surface area (Å²) in [4.78, 5) is 37.8. The molecular weight excluding hydrogens is 324 g/mol. The molecule has 0 spiro atoms. The Kier molecular flexibility index (Phi) is 4.56. The number of nitrogens with zero attached hydrogens (tertiary/aromatic N) is 1. The van der Waals surface area contributed by atoms with Crippen molar-refractivity contribution in [3.8, 4) is 0 Å². The lowest BCUT2D eigenvalue weighted by Crippen LogP contribution is -2.55. The average Bonchev–Trinajstić information content (AvgIpc) is 3.14. The molecule has 130 valence electrons. The third-order valence-corrected chi connectivity index (χ3v) is 4.27. The van der Waals surface area contributed by atoms with Crippen LogP contribution in [0.4, 0.5) is 0 Å². The summed E-state index contributed by atoms with van der Waals surface area (Å²) >= 11 is 0.